The highest BCUT2D eigenvalue weighted by molar-refractivity contribution is 9.10. The number of ketones is 1. The summed E-state index contributed by atoms with van der Waals surface area (Å²) in [6, 6.07) is 10.1. The molecular formula is C17H10BrF3NO3-. The summed E-state index contributed by atoms with van der Waals surface area (Å²) >= 11 is 3.20. The molecule has 0 aliphatic carbocycles. The van der Waals surface area contributed by atoms with E-state index in [0.717, 1.165) is 28.7 Å². The maximum absolute atomic E-state index is 12.7. The highest BCUT2D eigenvalue weighted by atomic mass is 79.9. The molecule has 0 aliphatic heterocycles. The summed E-state index contributed by atoms with van der Waals surface area (Å²) in [5.41, 5.74) is -1.51. The van der Waals surface area contributed by atoms with Gasteiger partial charge in [0, 0.05) is 21.8 Å². The van der Waals surface area contributed by atoms with Crippen molar-refractivity contribution in [3.8, 4) is 0 Å². The number of halogens is 4. The average Bonchev–Trinajstić information content (AvgIpc) is 2.54. The first-order valence-corrected chi connectivity index (χ1v) is 7.63. The number of hydrogen-bond acceptors (Lipinski definition) is 4. The Labute approximate surface area is 149 Å². The van der Waals surface area contributed by atoms with Crippen LogP contribution in [0.15, 0.2) is 64.8 Å². The molecule has 2 aromatic carbocycles. The van der Waals surface area contributed by atoms with Gasteiger partial charge in [0.25, 0.3) is 0 Å². The average molecular weight is 413 g/mol. The molecule has 0 radical (unpaired) electrons. The van der Waals surface area contributed by atoms with Crippen molar-refractivity contribution >= 4 is 33.4 Å². The number of hydrogen-bond donors (Lipinski definition) is 1. The van der Waals surface area contributed by atoms with Crippen molar-refractivity contribution in [3.63, 3.8) is 0 Å². The van der Waals surface area contributed by atoms with Crippen molar-refractivity contribution in [2.24, 2.45) is 0 Å². The Hall–Kier alpha value is -2.61. The molecular weight excluding hydrogens is 403 g/mol. The minimum Gasteiger partial charge on any atom is -0.543 e. The maximum atomic E-state index is 12.7. The standard InChI is InChI=1S/C17H11BrF3NO3/c18-12-6-4-10(5-7-12)15(23)9-14(16(24)25)22-13-3-1-2-11(8-13)17(19,20)21/h1-9,22H,(H,24,25)/p-1/b14-9+. The van der Waals surface area contributed by atoms with Gasteiger partial charge >= 0.3 is 6.18 Å². The van der Waals surface area contributed by atoms with Crippen LogP contribution < -0.4 is 10.4 Å². The van der Waals surface area contributed by atoms with Gasteiger partial charge in [-0.25, -0.2) is 0 Å². The topological polar surface area (TPSA) is 69.2 Å². The molecule has 0 spiro atoms. The van der Waals surface area contributed by atoms with Gasteiger partial charge in [-0.2, -0.15) is 13.2 Å². The number of carboxylic acid groups (broad SMARTS) is 1. The fourth-order valence-corrected chi connectivity index (χ4v) is 2.17. The second-order valence-corrected chi connectivity index (χ2v) is 5.84. The van der Waals surface area contributed by atoms with Gasteiger partial charge in [-0.3, -0.25) is 4.79 Å². The third-order valence-electron chi connectivity index (χ3n) is 3.09. The minimum absolute atomic E-state index is 0.131. The lowest BCUT2D eigenvalue weighted by Crippen LogP contribution is -2.29. The van der Waals surface area contributed by atoms with Gasteiger partial charge in [0.15, 0.2) is 5.78 Å². The monoisotopic (exact) mass is 412 g/mol. The molecule has 0 unspecified atom stereocenters. The van der Waals surface area contributed by atoms with Crippen LogP contribution in [0.3, 0.4) is 0 Å². The summed E-state index contributed by atoms with van der Waals surface area (Å²) in [6.07, 6.45) is -3.81. The molecule has 0 bridgehead atoms. The third-order valence-corrected chi connectivity index (χ3v) is 3.62. The summed E-state index contributed by atoms with van der Waals surface area (Å²) in [5, 5.41) is 13.5. The molecule has 0 aromatic heterocycles. The van der Waals surface area contributed by atoms with Gasteiger partial charge in [0.05, 0.1) is 17.2 Å². The molecule has 0 amide bonds. The van der Waals surface area contributed by atoms with Crippen molar-refractivity contribution in [2.75, 3.05) is 5.32 Å². The Balaban J connectivity index is 2.28. The summed E-state index contributed by atoms with van der Waals surface area (Å²) in [4.78, 5) is 23.3. The summed E-state index contributed by atoms with van der Waals surface area (Å²) in [5.74, 6) is -2.35. The van der Waals surface area contributed by atoms with E-state index in [9.17, 15) is 27.9 Å². The molecule has 2 rings (SSSR count). The van der Waals surface area contributed by atoms with Gasteiger partial charge in [0.2, 0.25) is 0 Å². The van der Waals surface area contributed by atoms with E-state index in [1.807, 2.05) is 0 Å². The lowest BCUT2D eigenvalue weighted by atomic mass is 10.1. The zero-order chi connectivity index (χ0) is 18.6. The van der Waals surface area contributed by atoms with E-state index in [1.165, 1.54) is 18.2 Å². The lowest BCUT2D eigenvalue weighted by Gasteiger charge is -2.14. The predicted molar refractivity (Wildman–Crippen MR) is 86.6 cm³/mol. The quantitative estimate of drug-likeness (QED) is 0.603. The first-order valence-electron chi connectivity index (χ1n) is 6.84. The first-order chi connectivity index (χ1) is 11.7. The van der Waals surface area contributed by atoms with Crippen LogP contribution in [-0.4, -0.2) is 11.8 Å². The van der Waals surface area contributed by atoms with Crippen molar-refractivity contribution in [1.29, 1.82) is 0 Å². The smallest absolute Gasteiger partial charge is 0.416 e. The molecule has 4 nitrogen and oxygen atoms in total. The van der Waals surface area contributed by atoms with Gasteiger partial charge in [-0.1, -0.05) is 22.0 Å². The van der Waals surface area contributed by atoms with E-state index in [4.69, 9.17) is 0 Å². The molecule has 0 saturated heterocycles. The number of rotatable bonds is 5. The van der Waals surface area contributed by atoms with Crippen molar-refractivity contribution in [2.45, 2.75) is 6.18 Å². The van der Waals surface area contributed by atoms with Crippen LogP contribution in [0.25, 0.3) is 0 Å². The molecule has 0 saturated carbocycles. The normalized spacial score (nSPS) is 11.9. The molecule has 1 N–H and O–H groups in total. The van der Waals surface area contributed by atoms with E-state index in [2.05, 4.69) is 21.2 Å². The minimum atomic E-state index is -4.57. The number of alkyl halides is 3. The first kappa shape index (κ1) is 18.7. The Bertz CT molecular complexity index is 830. The highest BCUT2D eigenvalue weighted by Crippen LogP contribution is 2.30. The Morgan fingerprint density at radius 3 is 2.28 bits per heavy atom. The highest BCUT2D eigenvalue weighted by Gasteiger charge is 2.30. The maximum Gasteiger partial charge on any atom is 0.416 e. The van der Waals surface area contributed by atoms with Crippen LogP contribution in [0.2, 0.25) is 0 Å². The second kappa shape index (κ2) is 7.52. The third kappa shape index (κ3) is 5.18. The Kier molecular flexibility index (Phi) is 5.63. The van der Waals surface area contributed by atoms with Crippen LogP contribution in [0.1, 0.15) is 15.9 Å². The predicted octanol–water partition coefficient (Wildman–Crippen LogP) is 3.40. The van der Waals surface area contributed by atoms with E-state index < -0.39 is 29.2 Å². The van der Waals surface area contributed by atoms with Crippen LogP contribution in [0, 0.1) is 0 Å². The van der Waals surface area contributed by atoms with Crippen LogP contribution in [-0.2, 0) is 11.0 Å². The molecule has 0 heterocycles. The van der Waals surface area contributed by atoms with Gasteiger partial charge in [-0.15, -0.1) is 0 Å². The fourth-order valence-electron chi connectivity index (χ4n) is 1.90. The van der Waals surface area contributed by atoms with Crippen molar-refractivity contribution in [1.82, 2.24) is 0 Å². The second-order valence-electron chi connectivity index (χ2n) is 4.92. The lowest BCUT2D eigenvalue weighted by molar-refractivity contribution is -0.299. The SMILES string of the molecule is O=C([O-])/C(=C\C(=O)c1ccc(Br)cc1)Nc1cccc(C(F)(F)F)c1. The molecule has 8 heteroatoms. The summed E-state index contributed by atoms with van der Waals surface area (Å²) in [7, 11) is 0. The number of anilines is 1. The Morgan fingerprint density at radius 1 is 1.08 bits per heavy atom. The van der Waals surface area contributed by atoms with Crippen molar-refractivity contribution in [3.05, 3.63) is 75.9 Å². The number of aliphatic carboxylic acids is 1. The zero-order valence-electron chi connectivity index (χ0n) is 12.4. The van der Waals surface area contributed by atoms with E-state index in [1.54, 1.807) is 12.1 Å². The number of benzene rings is 2. The molecule has 2 aromatic rings. The van der Waals surface area contributed by atoms with Gasteiger partial charge < -0.3 is 15.2 Å². The molecule has 0 aliphatic rings. The number of carbonyl (C=O) groups excluding carboxylic acids is 2. The molecule has 25 heavy (non-hydrogen) atoms. The van der Waals surface area contributed by atoms with E-state index in [-0.39, 0.29) is 11.3 Å². The summed E-state index contributed by atoms with van der Waals surface area (Å²) in [6.45, 7) is 0. The number of allylic oxidation sites excluding steroid dienone is 1. The van der Waals surface area contributed by atoms with Crippen LogP contribution >= 0.6 is 15.9 Å². The van der Waals surface area contributed by atoms with E-state index in [0.29, 0.717) is 0 Å². The van der Waals surface area contributed by atoms with E-state index >= 15 is 0 Å². The van der Waals surface area contributed by atoms with Crippen LogP contribution in [0.4, 0.5) is 18.9 Å². The Morgan fingerprint density at radius 2 is 1.72 bits per heavy atom. The van der Waals surface area contributed by atoms with Gasteiger partial charge in [-0.05, 0) is 42.5 Å². The summed E-state index contributed by atoms with van der Waals surface area (Å²) < 4.78 is 38.8. The molecule has 0 atom stereocenters. The van der Waals surface area contributed by atoms with Crippen molar-refractivity contribution < 1.29 is 27.9 Å². The fraction of sp³-hybridized carbons (Fsp3) is 0.0588. The van der Waals surface area contributed by atoms with Crippen LogP contribution in [0.5, 0.6) is 0 Å². The molecule has 0 fully saturated rings. The zero-order valence-corrected chi connectivity index (χ0v) is 14.0. The van der Waals surface area contributed by atoms with Gasteiger partial charge in [0.1, 0.15) is 0 Å². The molecule has 130 valence electrons. The number of carbonyl (C=O) groups is 2. The number of carboxylic acids is 1. The largest absolute Gasteiger partial charge is 0.543 e. The number of nitrogens with one attached hydrogen (secondary N) is 1.